The van der Waals surface area contributed by atoms with Gasteiger partial charge in [0.2, 0.25) is 0 Å². The van der Waals surface area contributed by atoms with Crippen LogP contribution in [0.25, 0.3) is 0 Å². The van der Waals surface area contributed by atoms with Crippen LogP contribution in [0.4, 0.5) is 0 Å². The van der Waals surface area contributed by atoms with Crippen LogP contribution in [0.2, 0.25) is 11.8 Å². The summed E-state index contributed by atoms with van der Waals surface area (Å²) in [5.41, 5.74) is 2.25. The van der Waals surface area contributed by atoms with E-state index in [1.54, 1.807) is 0 Å². The number of ether oxygens (including phenoxy) is 2. The van der Waals surface area contributed by atoms with Crippen LogP contribution in [-0.2, 0) is 9.47 Å². The highest BCUT2D eigenvalue weighted by Gasteiger charge is 2.25. The van der Waals surface area contributed by atoms with Crippen molar-refractivity contribution in [2.75, 3.05) is 13.2 Å². The molecule has 0 unspecified atom stereocenters. The van der Waals surface area contributed by atoms with Crippen molar-refractivity contribution >= 4 is 24.3 Å². The van der Waals surface area contributed by atoms with Crippen molar-refractivity contribution in [2.45, 2.75) is 32.4 Å². The topological polar surface area (TPSA) is 21.8 Å². The molecule has 0 amide bonds. The van der Waals surface area contributed by atoms with Gasteiger partial charge in [0.15, 0.2) is 7.28 Å². The zero-order valence-corrected chi connectivity index (χ0v) is 11.0. The standard InChI is InChI=1S/C13H17BClO2/c1-3-12(17-8-9-7-16-9)10-5-4-6-11(15)13(10)14-2/h4-6,9,12H,3,7-8H2,1-2H3/t9-,12-/m1/s1. The van der Waals surface area contributed by atoms with Crippen LogP contribution in [0, 0.1) is 0 Å². The molecular weight excluding hydrogens is 234 g/mol. The molecule has 2 atom stereocenters. The average molecular weight is 252 g/mol. The van der Waals surface area contributed by atoms with Crippen molar-refractivity contribution in [2.24, 2.45) is 0 Å². The predicted octanol–water partition coefficient (Wildman–Crippen LogP) is 2.58. The molecule has 1 fully saturated rings. The molecule has 0 bridgehead atoms. The van der Waals surface area contributed by atoms with Crippen molar-refractivity contribution in [1.82, 2.24) is 0 Å². The summed E-state index contributed by atoms with van der Waals surface area (Å²) in [6.07, 6.45) is 1.34. The van der Waals surface area contributed by atoms with Crippen LogP contribution in [0.15, 0.2) is 18.2 Å². The summed E-state index contributed by atoms with van der Waals surface area (Å²) >= 11 is 6.19. The van der Waals surface area contributed by atoms with Crippen molar-refractivity contribution in [3.05, 3.63) is 28.8 Å². The number of hydrogen-bond acceptors (Lipinski definition) is 2. The zero-order valence-electron chi connectivity index (χ0n) is 10.3. The van der Waals surface area contributed by atoms with Gasteiger partial charge in [-0.05, 0) is 18.1 Å². The van der Waals surface area contributed by atoms with Gasteiger partial charge in [-0.15, -0.1) is 0 Å². The normalized spacial score (nSPS) is 20.1. The Kier molecular flexibility index (Phi) is 4.49. The maximum Gasteiger partial charge on any atom is 0.150 e. The fraction of sp³-hybridized carbons (Fsp3) is 0.538. The highest BCUT2D eigenvalue weighted by molar-refractivity contribution is 6.57. The molecule has 0 N–H and O–H groups in total. The molecule has 1 saturated heterocycles. The van der Waals surface area contributed by atoms with Crippen LogP contribution >= 0.6 is 11.6 Å². The van der Waals surface area contributed by atoms with Crippen molar-refractivity contribution in [3.8, 4) is 0 Å². The summed E-state index contributed by atoms with van der Waals surface area (Å²) in [4.78, 5) is 0. The lowest BCUT2D eigenvalue weighted by molar-refractivity contribution is 0.0400. The monoisotopic (exact) mass is 251 g/mol. The number of rotatable bonds is 6. The van der Waals surface area contributed by atoms with Gasteiger partial charge in [-0.1, -0.05) is 42.9 Å². The number of halogens is 1. The molecular formula is C13H17BClO2. The van der Waals surface area contributed by atoms with E-state index in [1.807, 2.05) is 26.2 Å². The molecule has 1 radical (unpaired) electrons. The van der Waals surface area contributed by atoms with Gasteiger partial charge in [0, 0.05) is 5.02 Å². The molecule has 0 spiro atoms. The van der Waals surface area contributed by atoms with Gasteiger partial charge in [0.05, 0.1) is 19.3 Å². The molecule has 2 nitrogen and oxygen atoms in total. The van der Waals surface area contributed by atoms with Gasteiger partial charge in [-0.25, -0.2) is 0 Å². The largest absolute Gasteiger partial charge is 0.371 e. The third-order valence-electron chi connectivity index (χ3n) is 2.98. The lowest BCUT2D eigenvalue weighted by Gasteiger charge is -2.20. The maximum absolute atomic E-state index is 6.19. The van der Waals surface area contributed by atoms with E-state index in [9.17, 15) is 0 Å². The molecule has 0 saturated carbocycles. The van der Waals surface area contributed by atoms with Crippen molar-refractivity contribution in [3.63, 3.8) is 0 Å². The maximum atomic E-state index is 6.19. The summed E-state index contributed by atoms with van der Waals surface area (Å²) < 4.78 is 11.1. The number of benzene rings is 1. The van der Waals surface area contributed by atoms with Crippen molar-refractivity contribution < 1.29 is 9.47 Å². The Balaban J connectivity index is 2.13. The molecule has 1 aliphatic rings. The summed E-state index contributed by atoms with van der Waals surface area (Å²) in [6.45, 7) is 5.63. The Hall–Kier alpha value is -0.505. The van der Waals surface area contributed by atoms with Gasteiger partial charge in [0.25, 0.3) is 0 Å². The zero-order chi connectivity index (χ0) is 12.3. The molecule has 2 rings (SSSR count). The third kappa shape index (κ3) is 3.24. The minimum absolute atomic E-state index is 0.101. The first-order chi connectivity index (χ1) is 8.26. The molecule has 1 aromatic carbocycles. The van der Waals surface area contributed by atoms with Crippen LogP contribution < -0.4 is 5.46 Å². The summed E-state index contributed by atoms with van der Waals surface area (Å²) in [5.74, 6) is 0. The minimum atomic E-state index is 0.101. The van der Waals surface area contributed by atoms with E-state index >= 15 is 0 Å². The first-order valence-electron chi connectivity index (χ1n) is 6.07. The first-order valence-corrected chi connectivity index (χ1v) is 6.45. The quantitative estimate of drug-likeness (QED) is 0.573. The second-order valence-electron chi connectivity index (χ2n) is 4.22. The van der Waals surface area contributed by atoms with E-state index in [0.717, 1.165) is 23.5 Å². The second-order valence-corrected chi connectivity index (χ2v) is 4.62. The summed E-state index contributed by atoms with van der Waals surface area (Å²) in [7, 11) is 2.04. The lowest BCUT2D eigenvalue weighted by atomic mass is 9.70. The van der Waals surface area contributed by atoms with E-state index in [-0.39, 0.29) is 6.10 Å². The molecule has 0 aliphatic carbocycles. The van der Waals surface area contributed by atoms with E-state index in [1.165, 1.54) is 5.56 Å². The van der Waals surface area contributed by atoms with Gasteiger partial charge >= 0.3 is 0 Å². The van der Waals surface area contributed by atoms with Crippen LogP contribution in [-0.4, -0.2) is 26.6 Å². The Bertz CT molecular complexity index is 380. The summed E-state index contributed by atoms with van der Waals surface area (Å²) in [5, 5.41) is 0.787. The molecule has 17 heavy (non-hydrogen) atoms. The van der Waals surface area contributed by atoms with Crippen molar-refractivity contribution in [1.29, 1.82) is 0 Å². The Morgan fingerprint density at radius 1 is 1.59 bits per heavy atom. The highest BCUT2D eigenvalue weighted by Crippen LogP contribution is 2.23. The van der Waals surface area contributed by atoms with E-state index in [4.69, 9.17) is 21.1 Å². The minimum Gasteiger partial charge on any atom is -0.371 e. The van der Waals surface area contributed by atoms with Gasteiger partial charge < -0.3 is 9.47 Å². The predicted molar refractivity (Wildman–Crippen MR) is 71.4 cm³/mol. The molecule has 1 aromatic rings. The first kappa shape index (κ1) is 12.9. The van der Waals surface area contributed by atoms with Gasteiger partial charge in [0.1, 0.15) is 6.10 Å². The van der Waals surface area contributed by atoms with Crippen LogP contribution in [0.5, 0.6) is 0 Å². The molecule has 1 aliphatic heterocycles. The molecule has 0 aromatic heterocycles. The van der Waals surface area contributed by atoms with Crippen LogP contribution in [0.3, 0.4) is 0 Å². The highest BCUT2D eigenvalue weighted by atomic mass is 35.5. The van der Waals surface area contributed by atoms with Crippen LogP contribution in [0.1, 0.15) is 25.0 Å². The summed E-state index contributed by atoms with van der Waals surface area (Å²) in [6, 6.07) is 5.98. The molecule has 91 valence electrons. The molecule has 1 heterocycles. The Morgan fingerprint density at radius 2 is 2.35 bits per heavy atom. The molecule has 4 heteroatoms. The number of epoxide rings is 1. The van der Waals surface area contributed by atoms with Gasteiger partial charge in [-0.2, -0.15) is 0 Å². The van der Waals surface area contributed by atoms with E-state index < -0.39 is 0 Å². The number of hydrogen-bond donors (Lipinski definition) is 0. The van der Waals surface area contributed by atoms with E-state index in [0.29, 0.717) is 12.7 Å². The van der Waals surface area contributed by atoms with E-state index in [2.05, 4.69) is 13.0 Å². The lowest BCUT2D eigenvalue weighted by Crippen LogP contribution is -2.22. The second kappa shape index (κ2) is 5.90. The van der Waals surface area contributed by atoms with Gasteiger partial charge in [-0.3, -0.25) is 0 Å². The average Bonchev–Trinajstić information content (AvgIpc) is 3.14. The Morgan fingerprint density at radius 3 is 2.94 bits per heavy atom. The smallest absolute Gasteiger partial charge is 0.150 e. The fourth-order valence-corrected chi connectivity index (χ4v) is 2.25. The third-order valence-corrected chi connectivity index (χ3v) is 3.31. The SMILES string of the molecule is C[B]c1c(Cl)cccc1[C@@H](CC)OC[C@H]1CO1. The fourth-order valence-electron chi connectivity index (χ4n) is 1.95. The Labute approximate surface area is 108 Å².